The van der Waals surface area contributed by atoms with Gasteiger partial charge in [0.1, 0.15) is 11.1 Å². The molecule has 1 N–H and O–H groups in total. The van der Waals surface area contributed by atoms with Crippen molar-refractivity contribution in [1.82, 2.24) is 0 Å². The van der Waals surface area contributed by atoms with Crippen molar-refractivity contribution in [3.8, 4) is 5.75 Å². The van der Waals surface area contributed by atoms with Gasteiger partial charge in [0.25, 0.3) is 5.91 Å². The second-order valence-electron chi connectivity index (χ2n) is 6.75. The number of nitrogens with one attached hydrogen (secondary N) is 1. The fourth-order valence-electron chi connectivity index (χ4n) is 3.15. The van der Waals surface area contributed by atoms with E-state index in [2.05, 4.69) is 5.32 Å². The van der Waals surface area contributed by atoms with Crippen LogP contribution in [0.15, 0.2) is 57.7 Å². The van der Waals surface area contributed by atoms with Crippen molar-refractivity contribution in [3.05, 3.63) is 69.4 Å². The van der Waals surface area contributed by atoms with Crippen LogP contribution in [0, 0.1) is 0 Å². The van der Waals surface area contributed by atoms with Gasteiger partial charge in [-0.25, -0.2) is 9.59 Å². The Kier molecular flexibility index (Phi) is 5.73. The summed E-state index contributed by atoms with van der Waals surface area (Å²) in [6.45, 7) is 2.40. The number of thiophene rings is 1. The third-order valence-electron chi connectivity index (χ3n) is 4.61. The first-order valence-electron chi connectivity index (χ1n) is 9.63. The fraction of sp³-hybridized carbons (Fsp3) is 0.174. The number of esters is 1. The predicted molar refractivity (Wildman–Crippen MR) is 119 cm³/mol. The van der Waals surface area contributed by atoms with Crippen molar-refractivity contribution < 1.29 is 23.5 Å². The molecule has 4 aromatic rings. The number of fused-ring (bicyclic) bond motifs is 2. The minimum absolute atomic E-state index is 0.0955. The summed E-state index contributed by atoms with van der Waals surface area (Å²) >= 11 is 1.26. The van der Waals surface area contributed by atoms with Crippen LogP contribution < -0.4 is 15.7 Å². The van der Waals surface area contributed by atoms with E-state index in [1.54, 1.807) is 42.5 Å². The molecule has 0 atom stereocenters. The number of ether oxygens (including phenoxy) is 2. The number of amides is 1. The molecule has 4 rings (SSSR count). The average molecular weight is 437 g/mol. The minimum atomic E-state index is -0.715. The van der Waals surface area contributed by atoms with Gasteiger partial charge in [-0.3, -0.25) is 4.79 Å². The highest BCUT2D eigenvalue weighted by Gasteiger charge is 2.21. The lowest BCUT2D eigenvalue weighted by Crippen LogP contribution is -2.20. The van der Waals surface area contributed by atoms with Crippen LogP contribution in [0.4, 0.5) is 5.69 Å². The Hall–Kier alpha value is -3.65. The number of carbonyl (C=O) groups excluding carboxylic acids is 2. The first-order chi connectivity index (χ1) is 15.0. The molecule has 0 bridgehead atoms. The maximum atomic E-state index is 12.8. The lowest BCUT2D eigenvalue weighted by molar-refractivity contribution is 0.0602. The molecular weight excluding hydrogens is 418 g/mol. The number of para-hydroxylation sites is 1. The van der Waals surface area contributed by atoms with Gasteiger partial charge >= 0.3 is 11.6 Å². The Morgan fingerprint density at radius 2 is 1.94 bits per heavy atom. The molecule has 0 aliphatic carbocycles. The minimum Gasteiger partial charge on any atom is -0.491 e. The summed E-state index contributed by atoms with van der Waals surface area (Å²) in [6.07, 6.45) is 0.770. The van der Waals surface area contributed by atoms with Gasteiger partial charge < -0.3 is 19.2 Å². The van der Waals surface area contributed by atoms with Gasteiger partial charge in [0.05, 0.1) is 13.7 Å². The second kappa shape index (κ2) is 8.61. The van der Waals surface area contributed by atoms with Crippen molar-refractivity contribution in [1.29, 1.82) is 0 Å². The molecule has 0 saturated carbocycles. The summed E-state index contributed by atoms with van der Waals surface area (Å²) in [7, 11) is 1.32. The molecule has 0 fully saturated rings. The van der Waals surface area contributed by atoms with Crippen LogP contribution in [-0.2, 0) is 4.74 Å². The van der Waals surface area contributed by atoms with E-state index in [1.165, 1.54) is 24.5 Å². The van der Waals surface area contributed by atoms with Crippen molar-refractivity contribution in [2.24, 2.45) is 0 Å². The van der Waals surface area contributed by atoms with E-state index in [4.69, 9.17) is 13.9 Å². The molecule has 7 nitrogen and oxygen atoms in total. The number of hydrogen-bond acceptors (Lipinski definition) is 7. The van der Waals surface area contributed by atoms with Crippen LogP contribution >= 0.6 is 11.3 Å². The molecular formula is C23H19NO6S. The highest BCUT2D eigenvalue weighted by molar-refractivity contribution is 7.21. The monoisotopic (exact) mass is 437 g/mol. The molecule has 1 amide bonds. The van der Waals surface area contributed by atoms with Gasteiger partial charge in [-0.2, -0.15) is 0 Å². The molecule has 31 heavy (non-hydrogen) atoms. The highest BCUT2D eigenvalue weighted by Crippen LogP contribution is 2.39. The Morgan fingerprint density at radius 3 is 2.71 bits per heavy atom. The molecule has 0 aliphatic heterocycles. The van der Waals surface area contributed by atoms with Gasteiger partial charge in [-0.05, 0) is 36.8 Å². The summed E-state index contributed by atoms with van der Waals surface area (Å²) in [5.74, 6) is -0.639. The summed E-state index contributed by atoms with van der Waals surface area (Å²) < 4.78 is 16.7. The zero-order valence-electron chi connectivity index (χ0n) is 16.9. The quantitative estimate of drug-likeness (QED) is 0.343. The van der Waals surface area contributed by atoms with Gasteiger partial charge in [-0.1, -0.05) is 25.1 Å². The Bertz CT molecular complexity index is 1350. The summed E-state index contributed by atoms with van der Waals surface area (Å²) in [6, 6.07) is 13.7. The molecule has 0 spiro atoms. The van der Waals surface area contributed by atoms with Crippen LogP contribution in [-0.4, -0.2) is 25.6 Å². The largest absolute Gasteiger partial charge is 0.491 e. The van der Waals surface area contributed by atoms with Gasteiger partial charge in [0.2, 0.25) is 0 Å². The first kappa shape index (κ1) is 20.6. The Labute approximate surface area is 181 Å². The number of rotatable bonds is 6. The SMILES string of the molecule is CCCOc1c(C(=O)OC)sc2ccc(NC(=O)c3cc4ccccc4oc3=O)cc12. The predicted octanol–water partition coefficient (Wildman–Crippen LogP) is 4.84. The van der Waals surface area contributed by atoms with Crippen molar-refractivity contribution in [3.63, 3.8) is 0 Å². The number of hydrogen-bond donors (Lipinski definition) is 1. The lowest BCUT2D eigenvalue weighted by Gasteiger charge is -2.08. The zero-order valence-corrected chi connectivity index (χ0v) is 17.7. The normalized spacial score (nSPS) is 10.9. The van der Waals surface area contributed by atoms with Crippen LogP contribution in [0.3, 0.4) is 0 Å². The lowest BCUT2D eigenvalue weighted by atomic mass is 10.1. The van der Waals surface area contributed by atoms with Gasteiger partial charge in [0, 0.05) is 21.2 Å². The molecule has 8 heteroatoms. The van der Waals surface area contributed by atoms with Crippen LogP contribution in [0.2, 0.25) is 0 Å². The van der Waals surface area contributed by atoms with Crippen molar-refractivity contribution in [2.75, 3.05) is 19.0 Å². The van der Waals surface area contributed by atoms with Crippen LogP contribution in [0.1, 0.15) is 33.4 Å². The van der Waals surface area contributed by atoms with Crippen LogP contribution in [0.5, 0.6) is 5.75 Å². The average Bonchev–Trinajstić information content (AvgIpc) is 3.14. The molecule has 0 saturated heterocycles. The van der Waals surface area contributed by atoms with Crippen LogP contribution in [0.25, 0.3) is 21.1 Å². The molecule has 158 valence electrons. The maximum Gasteiger partial charge on any atom is 0.351 e. The Balaban J connectivity index is 1.70. The van der Waals surface area contributed by atoms with E-state index in [9.17, 15) is 14.4 Å². The summed E-state index contributed by atoms with van der Waals surface area (Å²) in [5, 5.41) is 4.06. The summed E-state index contributed by atoms with van der Waals surface area (Å²) in [4.78, 5) is 37.5. The van der Waals surface area contributed by atoms with Gasteiger partial charge in [-0.15, -0.1) is 11.3 Å². The highest BCUT2D eigenvalue weighted by atomic mass is 32.1. The maximum absolute atomic E-state index is 12.8. The van der Waals surface area contributed by atoms with E-state index in [1.807, 2.05) is 6.92 Å². The topological polar surface area (TPSA) is 94.8 Å². The van der Waals surface area contributed by atoms with E-state index in [0.717, 1.165) is 11.1 Å². The van der Waals surface area contributed by atoms with E-state index < -0.39 is 17.5 Å². The third kappa shape index (κ3) is 4.02. The molecule has 0 radical (unpaired) electrons. The second-order valence-corrected chi connectivity index (χ2v) is 7.80. The smallest absolute Gasteiger partial charge is 0.351 e. The fourth-order valence-corrected chi connectivity index (χ4v) is 4.19. The molecule has 2 aromatic carbocycles. The Morgan fingerprint density at radius 1 is 1.13 bits per heavy atom. The zero-order chi connectivity index (χ0) is 22.0. The van der Waals surface area contributed by atoms with E-state index in [0.29, 0.717) is 39.3 Å². The number of anilines is 1. The molecule has 2 heterocycles. The molecule has 0 unspecified atom stereocenters. The van der Waals surface area contributed by atoms with E-state index >= 15 is 0 Å². The number of benzene rings is 2. The van der Waals surface area contributed by atoms with E-state index in [-0.39, 0.29) is 5.56 Å². The van der Waals surface area contributed by atoms with Crippen molar-refractivity contribution in [2.45, 2.75) is 13.3 Å². The standard InChI is InChI=1S/C23H19NO6S/c1-3-10-29-19-15-12-14(8-9-18(15)31-20(19)23(27)28-2)24-21(25)16-11-13-6-4-5-7-17(13)30-22(16)26/h4-9,11-12H,3,10H2,1-2H3,(H,24,25). The number of carbonyl (C=O) groups is 2. The number of methoxy groups -OCH3 is 1. The first-order valence-corrected chi connectivity index (χ1v) is 10.5. The van der Waals surface area contributed by atoms with Crippen molar-refractivity contribution >= 4 is 50.0 Å². The van der Waals surface area contributed by atoms with Gasteiger partial charge in [0.15, 0.2) is 10.6 Å². The summed E-state index contributed by atoms with van der Waals surface area (Å²) in [5.41, 5.74) is 0.0620. The molecule has 2 aromatic heterocycles. The third-order valence-corrected chi connectivity index (χ3v) is 5.74. The molecule has 0 aliphatic rings.